The Morgan fingerprint density at radius 3 is 2.43 bits per heavy atom. The number of piperazine rings is 1. The van der Waals surface area contributed by atoms with Crippen molar-refractivity contribution in [2.75, 3.05) is 63.8 Å². The summed E-state index contributed by atoms with van der Waals surface area (Å²) in [4.78, 5) is 28.9. The summed E-state index contributed by atoms with van der Waals surface area (Å²) in [5, 5.41) is 0.985. The first kappa shape index (κ1) is 31.5. The second-order valence-corrected chi connectivity index (χ2v) is 12.1. The Hall–Kier alpha value is -3.95. The zero-order valence-electron chi connectivity index (χ0n) is 25.6. The van der Waals surface area contributed by atoms with Crippen molar-refractivity contribution in [3.8, 4) is 11.5 Å². The van der Waals surface area contributed by atoms with E-state index in [0.717, 1.165) is 43.0 Å². The molecule has 0 saturated carbocycles. The van der Waals surface area contributed by atoms with Crippen molar-refractivity contribution >= 4 is 40.8 Å². The van der Waals surface area contributed by atoms with Gasteiger partial charge in [-0.3, -0.25) is 4.79 Å². The lowest BCUT2D eigenvalue weighted by molar-refractivity contribution is 0.0746. The van der Waals surface area contributed by atoms with Gasteiger partial charge in [-0.15, -0.1) is 0 Å². The fourth-order valence-electron chi connectivity index (χ4n) is 5.29. The predicted octanol–water partition coefficient (Wildman–Crippen LogP) is 6.39. The summed E-state index contributed by atoms with van der Waals surface area (Å²) >= 11 is 7.90. The average molecular weight is 632 g/mol. The van der Waals surface area contributed by atoms with Crippen LogP contribution in [0.4, 0.5) is 11.5 Å². The molecule has 4 aromatic rings. The molecule has 5 rings (SSSR count). The Kier molecular flexibility index (Phi) is 10.5. The van der Waals surface area contributed by atoms with E-state index in [0.29, 0.717) is 46.2 Å². The topological polar surface area (TPSA) is 71.0 Å². The Balaban J connectivity index is 1.17. The number of carbonyl (C=O) groups is 1. The highest BCUT2D eigenvalue weighted by Gasteiger charge is 2.23. The molecule has 230 valence electrons. The van der Waals surface area contributed by atoms with Gasteiger partial charge in [0.05, 0.1) is 14.2 Å². The third-order valence-electron chi connectivity index (χ3n) is 7.80. The first-order chi connectivity index (χ1) is 21.3. The molecule has 10 heteroatoms. The molecule has 1 amide bonds. The molecule has 1 aromatic heterocycles. The quantitative estimate of drug-likeness (QED) is 0.107. The fourth-order valence-corrected chi connectivity index (χ4v) is 6.31. The summed E-state index contributed by atoms with van der Waals surface area (Å²) in [5.74, 6) is 2.86. The lowest BCUT2D eigenvalue weighted by Crippen LogP contribution is -2.49. The number of nitrogens with zero attached hydrogens (tertiary/aromatic N) is 5. The van der Waals surface area contributed by atoms with Crippen LogP contribution in [0.5, 0.6) is 11.5 Å². The van der Waals surface area contributed by atoms with Crippen LogP contribution in [0.2, 0.25) is 5.15 Å². The van der Waals surface area contributed by atoms with Crippen LogP contribution in [0.1, 0.15) is 27.0 Å². The van der Waals surface area contributed by atoms with Crippen molar-refractivity contribution in [2.45, 2.75) is 24.3 Å². The molecule has 0 aliphatic carbocycles. The van der Waals surface area contributed by atoms with E-state index in [1.54, 1.807) is 20.3 Å². The number of halogens is 1. The summed E-state index contributed by atoms with van der Waals surface area (Å²) in [6.07, 6.45) is 0.794. The second-order valence-electron chi connectivity index (χ2n) is 10.7. The lowest BCUT2D eigenvalue weighted by atomic mass is 10.1. The Bertz CT molecular complexity index is 1600. The molecular weight excluding hydrogens is 594 g/mol. The molecule has 0 atom stereocenters. The molecule has 1 aliphatic heterocycles. The standard InChI is InChI=1S/C34H38ClN5O3S/c1-24-8-5-6-11-28(24)39-16-18-40(19-17-39)33(41)27-10-7-9-26(20-27)23-44-34-36-31(35)22-32(37-34)38(2)15-14-25-12-13-29(42-3)30(21-25)43-4/h5-13,20-22H,14-19,23H2,1-4H3. The lowest BCUT2D eigenvalue weighted by Gasteiger charge is -2.36. The van der Waals surface area contributed by atoms with E-state index in [9.17, 15) is 4.79 Å². The fraction of sp³-hybridized carbons (Fsp3) is 0.324. The van der Waals surface area contributed by atoms with E-state index in [1.165, 1.54) is 23.0 Å². The number of benzene rings is 3. The molecular formula is C34H38ClN5O3S. The average Bonchev–Trinajstić information content (AvgIpc) is 3.06. The number of ether oxygens (including phenoxy) is 2. The van der Waals surface area contributed by atoms with Crippen LogP contribution in [0.15, 0.2) is 78.0 Å². The molecule has 44 heavy (non-hydrogen) atoms. The highest BCUT2D eigenvalue weighted by molar-refractivity contribution is 7.98. The Labute approximate surface area is 269 Å². The van der Waals surface area contributed by atoms with Gasteiger partial charge < -0.3 is 24.2 Å². The van der Waals surface area contributed by atoms with Gasteiger partial charge in [-0.1, -0.05) is 59.8 Å². The van der Waals surface area contributed by atoms with Crippen molar-refractivity contribution in [3.05, 3.63) is 100 Å². The van der Waals surface area contributed by atoms with Crippen LogP contribution in [0.3, 0.4) is 0 Å². The van der Waals surface area contributed by atoms with Gasteiger partial charge in [-0.05, 0) is 60.4 Å². The number of rotatable bonds is 11. The second kappa shape index (κ2) is 14.7. The van der Waals surface area contributed by atoms with Crippen molar-refractivity contribution in [1.82, 2.24) is 14.9 Å². The van der Waals surface area contributed by atoms with Crippen molar-refractivity contribution in [1.29, 1.82) is 0 Å². The molecule has 1 saturated heterocycles. The van der Waals surface area contributed by atoms with Crippen LogP contribution in [-0.2, 0) is 12.2 Å². The summed E-state index contributed by atoms with van der Waals surface area (Å²) in [5.41, 5.74) is 5.37. The first-order valence-electron chi connectivity index (χ1n) is 14.6. The first-order valence-corrected chi connectivity index (χ1v) is 16.0. The van der Waals surface area contributed by atoms with Crippen molar-refractivity contribution in [2.24, 2.45) is 0 Å². The number of hydrogen-bond donors (Lipinski definition) is 0. The van der Waals surface area contributed by atoms with Gasteiger partial charge in [0.15, 0.2) is 16.7 Å². The minimum Gasteiger partial charge on any atom is -0.493 e. The van der Waals surface area contributed by atoms with E-state index in [-0.39, 0.29) is 5.91 Å². The maximum Gasteiger partial charge on any atom is 0.253 e. The minimum atomic E-state index is 0.0682. The molecule has 0 bridgehead atoms. The Morgan fingerprint density at radius 2 is 1.68 bits per heavy atom. The zero-order valence-corrected chi connectivity index (χ0v) is 27.2. The summed E-state index contributed by atoms with van der Waals surface area (Å²) < 4.78 is 10.8. The number of likely N-dealkylation sites (N-methyl/N-ethyl adjacent to an activating group) is 1. The summed E-state index contributed by atoms with van der Waals surface area (Å²) in [6.45, 7) is 5.91. The van der Waals surface area contributed by atoms with E-state index < -0.39 is 0 Å². The number of hydrogen-bond acceptors (Lipinski definition) is 8. The van der Waals surface area contributed by atoms with Crippen LogP contribution in [0, 0.1) is 6.92 Å². The molecule has 0 N–H and O–H groups in total. The van der Waals surface area contributed by atoms with Gasteiger partial charge in [-0.2, -0.15) is 0 Å². The molecule has 1 fully saturated rings. The molecule has 1 aliphatic rings. The van der Waals surface area contributed by atoms with Crippen LogP contribution in [-0.4, -0.2) is 74.8 Å². The zero-order chi connectivity index (χ0) is 31.1. The van der Waals surface area contributed by atoms with Gasteiger partial charge in [0.25, 0.3) is 5.91 Å². The van der Waals surface area contributed by atoms with Gasteiger partial charge >= 0.3 is 0 Å². The molecule has 2 heterocycles. The number of aryl methyl sites for hydroxylation is 1. The SMILES string of the molecule is COc1ccc(CCN(C)c2cc(Cl)nc(SCc3cccc(C(=O)N4CCN(c5ccccc5C)CC4)c3)n2)cc1OC. The Morgan fingerprint density at radius 1 is 0.909 bits per heavy atom. The number of anilines is 2. The van der Waals surface area contributed by atoms with Crippen molar-refractivity contribution < 1.29 is 14.3 Å². The number of aromatic nitrogens is 2. The normalized spacial score (nSPS) is 13.1. The summed E-state index contributed by atoms with van der Waals surface area (Å²) in [6, 6.07) is 24.0. The van der Waals surface area contributed by atoms with E-state index >= 15 is 0 Å². The van der Waals surface area contributed by atoms with E-state index in [2.05, 4.69) is 46.0 Å². The van der Waals surface area contributed by atoms with Gasteiger partial charge in [0.1, 0.15) is 11.0 Å². The summed E-state index contributed by atoms with van der Waals surface area (Å²) in [7, 11) is 5.26. The predicted molar refractivity (Wildman–Crippen MR) is 179 cm³/mol. The number of carbonyl (C=O) groups excluding carboxylic acids is 1. The van der Waals surface area contributed by atoms with Gasteiger partial charge in [0, 0.05) is 62.8 Å². The number of amides is 1. The smallest absolute Gasteiger partial charge is 0.253 e. The van der Waals surface area contributed by atoms with Crippen LogP contribution in [0.25, 0.3) is 0 Å². The molecule has 0 spiro atoms. The highest BCUT2D eigenvalue weighted by Crippen LogP contribution is 2.29. The largest absolute Gasteiger partial charge is 0.493 e. The van der Waals surface area contributed by atoms with Gasteiger partial charge in [-0.25, -0.2) is 9.97 Å². The van der Waals surface area contributed by atoms with E-state index in [1.807, 2.05) is 54.4 Å². The van der Waals surface area contributed by atoms with Crippen LogP contribution < -0.4 is 19.3 Å². The third kappa shape index (κ3) is 7.76. The van der Waals surface area contributed by atoms with Crippen LogP contribution >= 0.6 is 23.4 Å². The maximum absolute atomic E-state index is 13.4. The number of thioether (sulfide) groups is 1. The third-order valence-corrected chi connectivity index (χ3v) is 8.91. The number of methoxy groups -OCH3 is 2. The minimum absolute atomic E-state index is 0.0682. The van der Waals surface area contributed by atoms with Gasteiger partial charge in [0.2, 0.25) is 0 Å². The maximum atomic E-state index is 13.4. The molecule has 3 aromatic carbocycles. The highest BCUT2D eigenvalue weighted by atomic mass is 35.5. The monoisotopic (exact) mass is 631 g/mol. The molecule has 0 radical (unpaired) electrons. The van der Waals surface area contributed by atoms with Crippen molar-refractivity contribution in [3.63, 3.8) is 0 Å². The van der Waals surface area contributed by atoms with E-state index in [4.69, 9.17) is 26.1 Å². The molecule has 8 nitrogen and oxygen atoms in total. The molecule has 0 unspecified atom stereocenters. The number of para-hydroxylation sites is 1.